The quantitative estimate of drug-likeness (QED) is 0.0852. The molecule has 0 amide bonds. The number of hydrogen-bond donors (Lipinski definition) is 3. The fourth-order valence-electron chi connectivity index (χ4n) is 6.22. The molecule has 26 heteroatoms. The number of halogens is 1. The molecule has 0 spiro atoms. The fourth-order valence-corrected chi connectivity index (χ4v) is 6.22. The molecule has 0 aliphatic heterocycles. The van der Waals surface area contributed by atoms with Crippen LogP contribution < -0.4 is 16.1 Å². The van der Waals surface area contributed by atoms with Gasteiger partial charge in [-0.3, -0.25) is 4.84 Å². The maximum Gasteiger partial charge on any atom is 0.184 e. The van der Waals surface area contributed by atoms with Crippen LogP contribution in [0, 0.1) is 19.7 Å². The summed E-state index contributed by atoms with van der Waals surface area (Å²) in [6.07, 6.45) is 0. The van der Waals surface area contributed by atoms with Crippen LogP contribution in [0.15, 0.2) is 121 Å². The van der Waals surface area contributed by atoms with Crippen LogP contribution in [-0.4, -0.2) is 129 Å². The molecule has 25 nitrogen and oxygen atoms in total. The van der Waals surface area contributed by atoms with Crippen molar-refractivity contribution in [3.63, 3.8) is 0 Å². The van der Waals surface area contributed by atoms with Gasteiger partial charge in [-0.2, -0.15) is 0 Å². The zero-order valence-corrected chi connectivity index (χ0v) is 41.1. The highest BCUT2D eigenvalue weighted by Crippen LogP contribution is 2.21. The zero-order chi connectivity index (χ0) is 51.2. The maximum absolute atomic E-state index is 13.2. The lowest BCUT2D eigenvalue weighted by Crippen LogP contribution is -2.14. The number of tetrazole rings is 5. The van der Waals surface area contributed by atoms with Gasteiger partial charge in [-0.15, -0.1) is 25.5 Å². The number of hydrogen-bond acceptors (Lipinski definition) is 20. The highest BCUT2D eigenvalue weighted by atomic mass is 19.1. The summed E-state index contributed by atoms with van der Waals surface area (Å²) in [6, 6.07) is 38.3. The lowest BCUT2D eigenvalue weighted by Gasteiger charge is -2.06. The van der Waals surface area contributed by atoms with Crippen molar-refractivity contribution in [2.75, 3.05) is 38.3 Å². The fraction of sp³-hybridized carbons (Fsp3) is 0.239. The summed E-state index contributed by atoms with van der Waals surface area (Å²) in [5, 5.41) is 62.1. The number of nitrogens with one attached hydrogen (secondary N) is 3. The maximum atomic E-state index is 13.2. The third-order valence-electron chi connectivity index (χ3n) is 10.0. The Kier molecular flexibility index (Phi) is 19.3. The van der Waals surface area contributed by atoms with E-state index < -0.39 is 0 Å². The number of anilines is 2. The molecule has 0 atom stereocenters. The molecule has 0 saturated carbocycles. The number of benzene rings is 5. The van der Waals surface area contributed by atoms with Gasteiger partial charge in [-0.05, 0) is 127 Å². The van der Waals surface area contributed by atoms with Crippen LogP contribution in [0.25, 0.3) is 56.9 Å². The SMILES string of the molecule is CNOCNc1ccc(-c2nnnn2C)cc1.COCNc1ccc(-c2nnnn2C)cc1.Cc1ccc(-c2nnnn2C)cc1.Cc1ccc(-c2nnnn2C)cc1.Cn1nnnc1-c1ccccc1F. The summed E-state index contributed by atoms with van der Waals surface area (Å²) in [5.41, 5.74) is 11.5. The van der Waals surface area contributed by atoms with Crippen LogP contribution in [0.1, 0.15) is 11.1 Å². The van der Waals surface area contributed by atoms with E-state index in [2.05, 4.69) is 108 Å². The Morgan fingerprint density at radius 3 is 1.06 bits per heavy atom. The highest BCUT2D eigenvalue weighted by molar-refractivity contribution is 5.61. The number of aromatic nitrogens is 20. The van der Waals surface area contributed by atoms with Gasteiger partial charge in [0.25, 0.3) is 0 Å². The number of rotatable bonds is 12. The molecule has 0 bridgehead atoms. The van der Waals surface area contributed by atoms with Crippen molar-refractivity contribution in [1.82, 2.24) is 107 Å². The van der Waals surface area contributed by atoms with Crippen molar-refractivity contribution >= 4 is 11.4 Å². The summed E-state index contributed by atoms with van der Waals surface area (Å²) in [6.45, 7) is 5.00. The Balaban J connectivity index is 0.000000148. The molecule has 0 radical (unpaired) electrons. The topological polar surface area (TPSA) is 273 Å². The van der Waals surface area contributed by atoms with E-state index in [1.165, 1.54) is 21.9 Å². The average Bonchev–Trinajstić information content (AvgIpc) is 4.28. The highest BCUT2D eigenvalue weighted by Gasteiger charge is 2.10. The number of aryl methyl sites for hydroxylation is 7. The summed E-state index contributed by atoms with van der Waals surface area (Å²) in [5.74, 6) is 3.18. The van der Waals surface area contributed by atoms with E-state index in [4.69, 9.17) is 9.57 Å². The molecule has 5 aromatic heterocycles. The molecule has 5 aromatic carbocycles. The monoisotopic (exact) mass is 979 g/mol. The molecule has 10 rings (SSSR count). The lowest BCUT2D eigenvalue weighted by atomic mass is 10.1. The minimum Gasteiger partial charge on any atom is -0.365 e. The predicted octanol–water partition coefficient (Wildman–Crippen LogP) is 4.68. The van der Waals surface area contributed by atoms with Gasteiger partial charge < -0.3 is 15.4 Å². The second-order valence-electron chi connectivity index (χ2n) is 15.3. The first-order valence-electron chi connectivity index (χ1n) is 21.9. The molecular formula is C46H54FN23O2. The van der Waals surface area contributed by atoms with Crippen molar-refractivity contribution in [2.45, 2.75) is 13.8 Å². The third-order valence-corrected chi connectivity index (χ3v) is 10.0. The van der Waals surface area contributed by atoms with Crippen molar-refractivity contribution in [2.24, 2.45) is 35.2 Å². The Morgan fingerprint density at radius 1 is 0.431 bits per heavy atom. The molecular weight excluding hydrogens is 926 g/mol. The molecule has 0 fully saturated rings. The molecule has 5 heterocycles. The summed E-state index contributed by atoms with van der Waals surface area (Å²) in [7, 11) is 12.3. The minimum absolute atomic E-state index is 0.319. The van der Waals surface area contributed by atoms with Crippen LogP contribution >= 0.6 is 0 Å². The largest absolute Gasteiger partial charge is 0.365 e. The second-order valence-corrected chi connectivity index (χ2v) is 15.3. The van der Waals surface area contributed by atoms with Gasteiger partial charge in [0.05, 0.1) is 5.56 Å². The summed E-state index contributed by atoms with van der Waals surface area (Å²) in [4.78, 5) is 4.96. The van der Waals surface area contributed by atoms with Gasteiger partial charge in [0, 0.05) is 83.0 Å². The van der Waals surface area contributed by atoms with Gasteiger partial charge in [-0.1, -0.05) is 71.8 Å². The molecule has 3 N–H and O–H groups in total. The molecule has 0 aliphatic rings. The molecule has 0 saturated heterocycles. The first-order chi connectivity index (χ1) is 34.9. The van der Waals surface area contributed by atoms with Crippen molar-refractivity contribution in [1.29, 1.82) is 0 Å². The molecule has 72 heavy (non-hydrogen) atoms. The van der Waals surface area contributed by atoms with Crippen molar-refractivity contribution in [3.05, 3.63) is 138 Å². The van der Waals surface area contributed by atoms with Gasteiger partial charge in [0.15, 0.2) is 29.1 Å². The van der Waals surface area contributed by atoms with E-state index in [-0.39, 0.29) is 5.82 Å². The van der Waals surface area contributed by atoms with Gasteiger partial charge in [0.1, 0.15) is 19.3 Å². The Bertz CT molecular complexity index is 3050. The second kappa shape index (κ2) is 26.6. The zero-order valence-electron chi connectivity index (χ0n) is 41.1. The van der Waals surface area contributed by atoms with Gasteiger partial charge >= 0.3 is 0 Å². The number of hydroxylamine groups is 1. The van der Waals surface area contributed by atoms with Crippen LogP contribution in [0.2, 0.25) is 0 Å². The average molecular weight is 980 g/mol. The first-order valence-corrected chi connectivity index (χ1v) is 21.9. The summed E-state index contributed by atoms with van der Waals surface area (Å²) < 4.78 is 26.2. The Hall–Kier alpha value is -9.14. The standard InChI is InChI=1S/C10H14N6O.C10H13N5O.2C9H10N4.C8H7FN4/c1-11-17-7-12-9-5-3-8(4-6-9)10-13-14-15-16(10)2;1-15-10(12-13-14-15)8-3-5-9(6-4-8)11-7-16-2;2*1-7-3-5-8(6-4-7)9-10-11-12-13(9)2;1-13-8(10-11-12-13)6-4-2-3-5-7(6)9/h3-6,11-12H,7H2,1-2H3;3-6,11H,7H2,1-2H3;2*3-6H,1-2H3;2-5H,1H3. The van der Waals surface area contributed by atoms with Gasteiger partial charge in [-0.25, -0.2) is 33.3 Å². The van der Waals surface area contributed by atoms with E-state index >= 15 is 0 Å². The number of nitrogens with zero attached hydrogens (tertiary/aromatic N) is 20. The van der Waals surface area contributed by atoms with Crippen LogP contribution in [-0.2, 0) is 44.8 Å². The van der Waals surface area contributed by atoms with E-state index in [1.54, 1.807) is 58.1 Å². The van der Waals surface area contributed by atoms with E-state index in [1.807, 2.05) is 125 Å². The Morgan fingerprint density at radius 2 is 0.750 bits per heavy atom. The van der Waals surface area contributed by atoms with Crippen molar-refractivity contribution < 1.29 is 14.0 Å². The first kappa shape index (κ1) is 52.2. The molecule has 0 unspecified atom stereocenters. The Labute approximate surface area is 413 Å². The molecule has 372 valence electrons. The minimum atomic E-state index is -0.319. The molecule has 0 aliphatic carbocycles. The van der Waals surface area contributed by atoms with Gasteiger partial charge in [0.2, 0.25) is 0 Å². The third kappa shape index (κ3) is 14.9. The van der Waals surface area contributed by atoms with Crippen LogP contribution in [0.3, 0.4) is 0 Å². The normalized spacial score (nSPS) is 10.4. The summed E-state index contributed by atoms with van der Waals surface area (Å²) >= 11 is 0. The van der Waals surface area contributed by atoms with E-state index in [0.29, 0.717) is 24.8 Å². The van der Waals surface area contributed by atoms with Crippen LogP contribution in [0.4, 0.5) is 15.8 Å². The number of ether oxygens (including phenoxy) is 1. The van der Waals surface area contributed by atoms with E-state index in [9.17, 15) is 4.39 Å². The molecule has 10 aromatic rings. The van der Waals surface area contributed by atoms with Crippen molar-refractivity contribution in [3.8, 4) is 56.9 Å². The van der Waals surface area contributed by atoms with Crippen LogP contribution in [0.5, 0.6) is 0 Å². The van der Waals surface area contributed by atoms with E-state index in [0.717, 1.165) is 56.9 Å². The predicted molar refractivity (Wildman–Crippen MR) is 265 cm³/mol. The lowest BCUT2D eigenvalue weighted by molar-refractivity contribution is 0.0727. The smallest absolute Gasteiger partial charge is 0.184 e. The number of methoxy groups -OCH3 is 1.